The lowest BCUT2D eigenvalue weighted by atomic mass is 10.4. The third-order valence-corrected chi connectivity index (χ3v) is 1.38. The van der Waals surface area contributed by atoms with Crippen molar-refractivity contribution in [1.82, 2.24) is 0 Å². The van der Waals surface area contributed by atoms with E-state index in [0.717, 1.165) is 0 Å². The van der Waals surface area contributed by atoms with E-state index in [2.05, 4.69) is 0 Å². The van der Waals surface area contributed by atoms with Crippen molar-refractivity contribution < 1.29 is 0 Å². The number of hydrogen-bond acceptors (Lipinski definition) is 1. The third-order valence-electron chi connectivity index (χ3n) is 0.527. The highest BCUT2D eigenvalue weighted by Crippen LogP contribution is 2.06. The summed E-state index contributed by atoms with van der Waals surface area (Å²) in [6.07, 6.45) is 0. The lowest BCUT2D eigenvalue weighted by Gasteiger charge is -1.97. The van der Waals surface area contributed by atoms with Gasteiger partial charge >= 0.3 is 0 Å². The standard InChI is InChI=1S/C4H5Cl2N/c1-3(5)4(6)2-7/h3-4H,1H3/t3-,4-/m0/s1. The van der Waals surface area contributed by atoms with E-state index in [9.17, 15) is 0 Å². The van der Waals surface area contributed by atoms with Crippen LogP contribution in [-0.2, 0) is 0 Å². The van der Waals surface area contributed by atoms with Crippen LogP contribution in [0, 0.1) is 11.3 Å². The number of nitriles is 1. The van der Waals surface area contributed by atoms with E-state index in [4.69, 9.17) is 28.5 Å². The van der Waals surface area contributed by atoms with E-state index in [1.165, 1.54) is 0 Å². The first-order valence-electron chi connectivity index (χ1n) is 1.86. The van der Waals surface area contributed by atoms with Gasteiger partial charge in [-0.05, 0) is 6.92 Å². The van der Waals surface area contributed by atoms with Crippen LogP contribution in [0.25, 0.3) is 0 Å². The second-order valence-electron chi connectivity index (χ2n) is 1.21. The maximum Gasteiger partial charge on any atom is 0.136 e. The molecule has 0 aromatic rings. The lowest BCUT2D eigenvalue weighted by molar-refractivity contribution is 0.986. The van der Waals surface area contributed by atoms with Crippen LogP contribution in [-0.4, -0.2) is 10.8 Å². The fraction of sp³-hybridized carbons (Fsp3) is 0.750. The van der Waals surface area contributed by atoms with Gasteiger partial charge < -0.3 is 0 Å². The lowest BCUT2D eigenvalue weighted by Crippen LogP contribution is -2.06. The molecule has 2 atom stereocenters. The molecule has 0 unspecified atom stereocenters. The molecule has 0 heterocycles. The summed E-state index contributed by atoms with van der Waals surface area (Å²) in [4.78, 5) is 0. The number of hydrogen-bond donors (Lipinski definition) is 0. The van der Waals surface area contributed by atoms with Crippen molar-refractivity contribution in [2.75, 3.05) is 0 Å². The third kappa shape index (κ3) is 2.73. The quantitative estimate of drug-likeness (QED) is 0.506. The highest BCUT2D eigenvalue weighted by Gasteiger charge is 2.07. The topological polar surface area (TPSA) is 23.8 Å². The Bertz CT molecular complexity index is 84.2. The van der Waals surface area contributed by atoms with Crippen LogP contribution in [0.1, 0.15) is 6.92 Å². The normalized spacial score (nSPS) is 17.4. The SMILES string of the molecule is C[C@H](Cl)[C@@H](Cl)C#N. The Morgan fingerprint density at radius 1 is 1.57 bits per heavy atom. The van der Waals surface area contributed by atoms with Crippen LogP contribution in [0.3, 0.4) is 0 Å². The first-order valence-corrected chi connectivity index (χ1v) is 2.73. The highest BCUT2D eigenvalue weighted by atomic mass is 35.5. The molecule has 1 nitrogen and oxygen atoms in total. The summed E-state index contributed by atoms with van der Waals surface area (Å²) in [5.41, 5.74) is 0. The molecule has 0 aliphatic rings. The Hall–Kier alpha value is 0.0700. The fourth-order valence-electron chi connectivity index (χ4n) is 0.103. The zero-order valence-electron chi connectivity index (χ0n) is 3.86. The Morgan fingerprint density at radius 2 is 2.00 bits per heavy atom. The van der Waals surface area contributed by atoms with Gasteiger partial charge in [-0.15, -0.1) is 23.2 Å². The molecule has 0 bridgehead atoms. The molecule has 0 saturated carbocycles. The van der Waals surface area contributed by atoms with Gasteiger partial charge in [-0.25, -0.2) is 0 Å². The molecule has 0 aliphatic carbocycles. The van der Waals surface area contributed by atoms with E-state index < -0.39 is 5.38 Å². The van der Waals surface area contributed by atoms with Gasteiger partial charge in [0.05, 0.1) is 11.4 Å². The van der Waals surface area contributed by atoms with Crippen molar-refractivity contribution >= 4 is 23.2 Å². The highest BCUT2D eigenvalue weighted by molar-refractivity contribution is 6.31. The Kier molecular flexibility index (Phi) is 3.15. The van der Waals surface area contributed by atoms with Crippen LogP contribution in [0.4, 0.5) is 0 Å². The van der Waals surface area contributed by atoms with Crippen LogP contribution in [0.5, 0.6) is 0 Å². The maximum absolute atomic E-state index is 8.04. The van der Waals surface area contributed by atoms with E-state index in [1.807, 2.05) is 0 Å². The van der Waals surface area contributed by atoms with Crippen molar-refractivity contribution in [3.8, 4) is 6.07 Å². The molecule has 0 spiro atoms. The van der Waals surface area contributed by atoms with Crippen molar-refractivity contribution in [3.05, 3.63) is 0 Å². The van der Waals surface area contributed by atoms with Gasteiger partial charge in [0, 0.05) is 0 Å². The van der Waals surface area contributed by atoms with Crippen LogP contribution < -0.4 is 0 Å². The van der Waals surface area contributed by atoms with Crippen LogP contribution in [0.15, 0.2) is 0 Å². The van der Waals surface area contributed by atoms with Gasteiger partial charge in [-0.3, -0.25) is 0 Å². The Balaban J connectivity index is 3.40. The molecule has 40 valence electrons. The largest absolute Gasteiger partial charge is 0.197 e. The summed E-state index contributed by atoms with van der Waals surface area (Å²) >= 11 is 10.7. The van der Waals surface area contributed by atoms with Crippen molar-refractivity contribution in [3.63, 3.8) is 0 Å². The minimum absolute atomic E-state index is 0.258. The van der Waals surface area contributed by atoms with Gasteiger partial charge in [0.2, 0.25) is 0 Å². The summed E-state index contributed by atoms with van der Waals surface area (Å²) in [5, 5.41) is 7.23. The smallest absolute Gasteiger partial charge is 0.136 e. The Labute approximate surface area is 52.8 Å². The van der Waals surface area contributed by atoms with Gasteiger partial charge in [0.25, 0.3) is 0 Å². The molecule has 0 amide bonds. The van der Waals surface area contributed by atoms with E-state index in [0.29, 0.717) is 0 Å². The summed E-state index contributed by atoms with van der Waals surface area (Å²) in [6, 6.07) is 1.80. The molecule has 0 fully saturated rings. The predicted molar refractivity (Wildman–Crippen MR) is 30.6 cm³/mol. The van der Waals surface area contributed by atoms with Gasteiger partial charge in [0.1, 0.15) is 5.38 Å². The number of nitrogens with zero attached hydrogens (tertiary/aromatic N) is 1. The average Bonchev–Trinajstić information content (AvgIpc) is 1.65. The molecule has 0 aromatic carbocycles. The van der Waals surface area contributed by atoms with E-state index in [1.54, 1.807) is 13.0 Å². The zero-order valence-corrected chi connectivity index (χ0v) is 5.37. The molecule has 0 saturated heterocycles. The molecule has 0 aliphatic heterocycles. The molecule has 0 rings (SSSR count). The second kappa shape index (κ2) is 3.12. The average molecular weight is 138 g/mol. The van der Waals surface area contributed by atoms with E-state index >= 15 is 0 Å². The first kappa shape index (κ1) is 7.07. The van der Waals surface area contributed by atoms with Crippen LogP contribution in [0.2, 0.25) is 0 Å². The van der Waals surface area contributed by atoms with E-state index in [-0.39, 0.29) is 5.38 Å². The minimum Gasteiger partial charge on any atom is -0.197 e. The molecule has 0 radical (unpaired) electrons. The molecular formula is C4H5Cl2N. The minimum atomic E-state index is -0.554. The van der Waals surface area contributed by atoms with Crippen LogP contribution >= 0.6 is 23.2 Å². The number of halogens is 2. The van der Waals surface area contributed by atoms with Gasteiger partial charge in [0.15, 0.2) is 0 Å². The van der Waals surface area contributed by atoms with Crippen molar-refractivity contribution in [2.24, 2.45) is 0 Å². The molecule has 0 aromatic heterocycles. The summed E-state index contributed by atoms with van der Waals surface area (Å²) in [6.45, 7) is 1.68. The monoisotopic (exact) mass is 137 g/mol. The van der Waals surface area contributed by atoms with Crippen molar-refractivity contribution in [1.29, 1.82) is 5.26 Å². The van der Waals surface area contributed by atoms with Gasteiger partial charge in [-0.1, -0.05) is 0 Å². The summed E-state index contributed by atoms with van der Waals surface area (Å²) in [7, 11) is 0. The Morgan fingerprint density at radius 3 is 2.00 bits per heavy atom. The van der Waals surface area contributed by atoms with Crippen molar-refractivity contribution in [2.45, 2.75) is 17.7 Å². The predicted octanol–water partition coefficient (Wildman–Crippen LogP) is 1.74. The first-order chi connectivity index (χ1) is 3.18. The fourth-order valence-corrected chi connectivity index (χ4v) is 0.159. The number of alkyl halides is 2. The molecule has 7 heavy (non-hydrogen) atoms. The maximum atomic E-state index is 8.04. The second-order valence-corrected chi connectivity index (χ2v) is 2.37. The zero-order chi connectivity index (χ0) is 5.86. The number of rotatable bonds is 1. The molecular weight excluding hydrogens is 133 g/mol. The molecule has 3 heteroatoms. The summed E-state index contributed by atoms with van der Waals surface area (Å²) in [5.74, 6) is 0. The molecule has 0 N–H and O–H groups in total. The summed E-state index contributed by atoms with van der Waals surface area (Å²) < 4.78 is 0. The van der Waals surface area contributed by atoms with Gasteiger partial charge in [-0.2, -0.15) is 5.26 Å².